The molecule has 5 nitrogen and oxygen atoms in total. The van der Waals surface area contributed by atoms with Crippen LogP contribution < -0.4 is 0 Å². The Morgan fingerprint density at radius 1 is 1.35 bits per heavy atom. The Kier molecular flexibility index (Phi) is 3.41. The molecule has 1 fully saturated rings. The number of urea groups is 1. The van der Waals surface area contributed by atoms with E-state index in [0.29, 0.717) is 19.6 Å². The van der Waals surface area contributed by atoms with E-state index in [1.54, 1.807) is 16.2 Å². The van der Waals surface area contributed by atoms with Gasteiger partial charge in [0.25, 0.3) is 0 Å². The average Bonchev–Trinajstić information content (AvgIpc) is 3.02. The van der Waals surface area contributed by atoms with Crippen molar-refractivity contribution in [2.75, 3.05) is 19.6 Å². The standard InChI is InChI=1S/C14H18N2O3S/c1-9-6-16(8-11(9)13(17)18)14(19)15-4-2-12-10(7-15)3-5-20-12/h3,5,9,11H,2,4,6-8H2,1H3,(H,17,18)/t9-,11-/m1/s1. The van der Waals surface area contributed by atoms with Crippen LogP contribution in [0.1, 0.15) is 17.4 Å². The Morgan fingerprint density at radius 3 is 2.85 bits per heavy atom. The zero-order valence-corrected chi connectivity index (χ0v) is 12.2. The second kappa shape index (κ2) is 5.09. The predicted octanol–water partition coefficient (Wildman–Crippen LogP) is 1.88. The van der Waals surface area contributed by atoms with Crippen molar-refractivity contribution in [3.05, 3.63) is 21.9 Å². The van der Waals surface area contributed by atoms with Crippen molar-refractivity contribution >= 4 is 23.3 Å². The molecule has 108 valence electrons. The first-order chi connectivity index (χ1) is 9.56. The molecule has 2 atom stereocenters. The lowest BCUT2D eigenvalue weighted by atomic mass is 9.99. The molecule has 0 bridgehead atoms. The van der Waals surface area contributed by atoms with Crippen LogP contribution in [0.4, 0.5) is 4.79 Å². The van der Waals surface area contributed by atoms with Gasteiger partial charge < -0.3 is 14.9 Å². The fourth-order valence-corrected chi connectivity index (χ4v) is 3.95. The van der Waals surface area contributed by atoms with Crippen molar-refractivity contribution in [2.24, 2.45) is 11.8 Å². The number of aliphatic carboxylic acids is 1. The van der Waals surface area contributed by atoms with Crippen LogP contribution in [0.25, 0.3) is 0 Å². The van der Waals surface area contributed by atoms with Gasteiger partial charge in [-0.1, -0.05) is 6.92 Å². The molecule has 6 heteroatoms. The Balaban J connectivity index is 1.67. The number of carboxylic acids is 1. The SMILES string of the molecule is C[C@@H]1CN(C(=O)N2CCc3sccc3C2)C[C@H]1C(=O)O. The van der Waals surface area contributed by atoms with E-state index in [1.165, 1.54) is 10.4 Å². The van der Waals surface area contributed by atoms with E-state index >= 15 is 0 Å². The summed E-state index contributed by atoms with van der Waals surface area (Å²) < 4.78 is 0. The highest BCUT2D eigenvalue weighted by Crippen LogP contribution is 2.28. The number of thiophene rings is 1. The lowest BCUT2D eigenvalue weighted by molar-refractivity contribution is -0.142. The van der Waals surface area contributed by atoms with Crippen LogP contribution in [0, 0.1) is 11.8 Å². The smallest absolute Gasteiger partial charge is 0.320 e. The summed E-state index contributed by atoms with van der Waals surface area (Å²) in [5.41, 5.74) is 1.23. The molecule has 2 aliphatic rings. The van der Waals surface area contributed by atoms with Crippen molar-refractivity contribution in [2.45, 2.75) is 19.9 Å². The van der Waals surface area contributed by atoms with Crippen LogP contribution in [-0.4, -0.2) is 46.5 Å². The zero-order chi connectivity index (χ0) is 14.3. The van der Waals surface area contributed by atoms with Crippen LogP contribution in [-0.2, 0) is 17.8 Å². The van der Waals surface area contributed by atoms with Crippen molar-refractivity contribution in [1.82, 2.24) is 9.80 Å². The van der Waals surface area contributed by atoms with Crippen LogP contribution in [0.3, 0.4) is 0 Å². The van der Waals surface area contributed by atoms with Crippen LogP contribution in [0.5, 0.6) is 0 Å². The van der Waals surface area contributed by atoms with E-state index in [-0.39, 0.29) is 11.9 Å². The summed E-state index contributed by atoms with van der Waals surface area (Å²) in [6, 6.07) is 2.06. The molecule has 1 saturated heterocycles. The lowest BCUT2D eigenvalue weighted by Gasteiger charge is -2.31. The maximum atomic E-state index is 12.5. The first kappa shape index (κ1) is 13.4. The van der Waals surface area contributed by atoms with Crippen molar-refractivity contribution in [3.8, 4) is 0 Å². The van der Waals surface area contributed by atoms with E-state index in [9.17, 15) is 9.59 Å². The van der Waals surface area contributed by atoms with Gasteiger partial charge in [-0.05, 0) is 29.3 Å². The van der Waals surface area contributed by atoms with Crippen molar-refractivity contribution < 1.29 is 14.7 Å². The summed E-state index contributed by atoms with van der Waals surface area (Å²) in [6.45, 7) is 4.17. The summed E-state index contributed by atoms with van der Waals surface area (Å²) in [6.07, 6.45) is 0.907. The molecule has 0 radical (unpaired) electrons. The summed E-state index contributed by atoms with van der Waals surface area (Å²) in [7, 11) is 0. The summed E-state index contributed by atoms with van der Waals surface area (Å²) in [4.78, 5) is 28.5. The third kappa shape index (κ3) is 2.28. The molecule has 0 spiro atoms. The second-order valence-corrected chi connectivity index (χ2v) is 6.65. The van der Waals surface area contributed by atoms with Gasteiger partial charge in [0.2, 0.25) is 0 Å². The molecule has 3 rings (SSSR count). The Morgan fingerprint density at radius 2 is 2.15 bits per heavy atom. The van der Waals surface area contributed by atoms with Crippen molar-refractivity contribution in [1.29, 1.82) is 0 Å². The number of rotatable bonds is 1. The van der Waals surface area contributed by atoms with Crippen LogP contribution in [0.2, 0.25) is 0 Å². The normalized spacial score (nSPS) is 25.6. The third-order valence-corrected chi connectivity index (χ3v) is 5.30. The van der Waals surface area contributed by atoms with Crippen LogP contribution >= 0.6 is 11.3 Å². The first-order valence-electron chi connectivity index (χ1n) is 6.88. The maximum absolute atomic E-state index is 12.5. The molecule has 0 saturated carbocycles. The highest BCUT2D eigenvalue weighted by atomic mass is 32.1. The number of hydrogen-bond acceptors (Lipinski definition) is 3. The number of carboxylic acid groups (broad SMARTS) is 1. The topological polar surface area (TPSA) is 60.9 Å². The molecule has 0 unspecified atom stereocenters. The molecule has 2 amide bonds. The van der Waals surface area contributed by atoms with Crippen LogP contribution in [0.15, 0.2) is 11.4 Å². The molecule has 2 aliphatic heterocycles. The fourth-order valence-electron chi connectivity index (χ4n) is 3.06. The van der Waals surface area contributed by atoms with E-state index in [1.807, 2.05) is 11.8 Å². The summed E-state index contributed by atoms with van der Waals surface area (Å²) >= 11 is 1.75. The number of carbonyl (C=O) groups is 2. The molecular weight excluding hydrogens is 276 g/mol. The van der Waals surface area contributed by atoms with E-state index in [2.05, 4.69) is 11.4 Å². The molecule has 1 N–H and O–H groups in total. The van der Waals surface area contributed by atoms with Gasteiger partial charge in [-0.3, -0.25) is 4.79 Å². The quantitative estimate of drug-likeness (QED) is 0.860. The number of amides is 2. The summed E-state index contributed by atoms with van der Waals surface area (Å²) in [5, 5.41) is 11.2. The molecule has 1 aromatic heterocycles. The summed E-state index contributed by atoms with van der Waals surface area (Å²) in [5.74, 6) is -1.20. The zero-order valence-electron chi connectivity index (χ0n) is 11.4. The number of hydrogen-bond donors (Lipinski definition) is 1. The van der Waals surface area contributed by atoms with E-state index in [4.69, 9.17) is 5.11 Å². The molecule has 20 heavy (non-hydrogen) atoms. The van der Waals surface area contributed by atoms with Gasteiger partial charge in [-0.15, -0.1) is 11.3 Å². The van der Waals surface area contributed by atoms with Gasteiger partial charge in [0.1, 0.15) is 0 Å². The highest BCUT2D eigenvalue weighted by Gasteiger charge is 2.38. The largest absolute Gasteiger partial charge is 0.481 e. The molecule has 0 aliphatic carbocycles. The average molecular weight is 294 g/mol. The van der Waals surface area contributed by atoms with E-state index in [0.717, 1.165) is 13.0 Å². The minimum Gasteiger partial charge on any atom is -0.481 e. The van der Waals surface area contributed by atoms with Gasteiger partial charge in [0, 0.05) is 31.1 Å². The number of likely N-dealkylation sites (tertiary alicyclic amines) is 1. The number of carbonyl (C=O) groups excluding carboxylic acids is 1. The van der Waals surface area contributed by atoms with Gasteiger partial charge >= 0.3 is 12.0 Å². The van der Waals surface area contributed by atoms with Gasteiger partial charge in [-0.2, -0.15) is 0 Å². The Labute approximate surface area is 121 Å². The molecular formula is C14H18N2O3S. The predicted molar refractivity (Wildman–Crippen MR) is 75.7 cm³/mol. The van der Waals surface area contributed by atoms with Gasteiger partial charge in [0.15, 0.2) is 0 Å². The molecule has 1 aromatic rings. The number of fused-ring (bicyclic) bond motifs is 1. The molecule has 3 heterocycles. The van der Waals surface area contributed by atoms with Gasteiger partial charge in [0.05, 0.1) is 5.92 Å². The number of nitrogens with zero attached hydrogens (tertiary/aromatic N) is 2. The second-order valence-electron chi connectivity index (χ2n) is 5.65. The van der Waals surface area contributed by atoms with Crippen molar-refractivity contribution in [3.63, 3.8) is 0 Å². The Hall–Kier alpha value is -1.56. The third-order valence-electron chi connectivity index (χ3n) is 4.28. The first-order valence-corrected chi connectivity index (χ1v) is 7.76. The monoisotopic (exact) mass is 294 g/mol. The fraction of sp³-hybridized carbons (Fsp3) is 0.571. The van der Waals surface area contributed by atoms with Gasteiger partial charge in [-0.25, -0.2) is 4.79 Å². The molecule has 0 aromatic carbocycles. The highest BCUT2D eigenvalue weighted by molar-refractivity contribution is 7.10. The minimum atomic E-state index is -0.799. The Bertz CT molecular complexity index is 542. The van der Waals surface area contributed by atoms with E-state index < -0.39 is 11.9 Å². The maximum Gasteiger partial charge on any atom is 0.320 e. The minimum absolute atomic E-state index is 0.0162. The lowest BCUT2D eigenvalue weighted by Crippen LogP contribution is -2.44.